The van der Waals surface area contributed by atoms with E-state index in [1.54, 1.807) is 17.4 Å². The molecule has 0 bridgehead atoms. The van der Waals surface area contributed by atoms with E-state index in [1.807, 2.05) is 43.5 Å². The van der Waals surface area contributed by atoms with Gasteiger partial charge in [-0.2, -0.15) is 10.2 Å². The number of thiophene rings is 1. The Kier molecular flexibility index (Phi) is 6.62. The van der Waals surface area contributed by atoms with E-state index in [0.29, 0.717) is 11.8 Å². The van der Waals surface area contributed by atoms with Crippen LogP contribution in [0.15, 0.2) is 53.9 Å². The summed E-state index contributed by atoms with van der Waals surface area (Å²) in [7, 11) is 0. The lowest BCUT2D eigenvalue weighted by Crippen LogP contribution is -2.43. The predicted octanol–water partition coefficient (Wildman–Crippen LogP) is 5.79. The van der Waals surface area contributed by atoms with Crippen molar-refractivity contribution in [3.8, 4) is 17.7 Å². The van der Waals surface area contributed by atoms with Gasteiger partial charge in [-0.05, 0) is 84.5 Å². The summed E-state index contributed by atoms with van der Waals surface area (Å²) < 4.78 is 6.36. The molecule has 5 rings (SSSR count). The molecule has 1 fully saturated rings. The second-order valence-corrected chi connectivity index (χ2v) is 9.34. The molecule has 35 heavy (non-hydrogen) atoms. The van der Waals surface area contributed by atoms with E-state index in [4.69, 9.17) is 20.0 Å². The van der Waals surface area contributed by atoms with Gasteiger partial charge in [0.2, 0.25) is 11.8 Å². The van der Waals surface area contributed by atoms with Crippen LogP contribution in [0, 0.1) is 25.2 Å². The standard InChI is InChI=1S/C27H26N6OS/c1-18-16-20(4-3-10-28)17-19(2)24(18)34-25-23-9-15-35-26(23)32-27(31-25)30-21-5-7-22(8-6-21)33-13-11-29-12-14-33/h3-9,15-17,29H,11-14H2,1-2H3,(H,30,31,32)/b4-3+. The summed E-state index contributed by atoms with van der Waals surface area (Å²) in [6.45, 7) is 8.04. The first-order chi connectivity index (χ1) is 17.1. The Bertz CT molecular complexity index is 1390. The number of anilines is 3. The number of aryl methyl sites for hydroxylation is 2. The van der Waals surface area contributed by atoms with E-state index < -0.39 is 0 Å². The minimum Gasteiger partial charge on any atom is -0.438 e. The van der Waals surface area contributed by atoms with Gasteiger partial charge < -0.3 is 20.3 Å². The summed E-state index contributed by atoms with van der Waals surface area (Å²) >= 11 is 1.55. The van der Waals surface area contributed by atoms with Crippen molar-refractivity contribution in [2.75, 3.05) is 36.4 Å². The number of hydrogen-bond acceptors (Lipinski definition) is 8. The van der Waals surface area contributed by atoms with Crippen molar-refractivity contribution in [3.05, 3.63) is 70.6 Å². The Morgan fingerprint density at radius 3 is 2.54 bits per heavy atom. The first-order valence-corrected chi connectivity index (χ1v) is 12.4. The number of nitrogens with one attached hydrogen (secondary N) is 2. The second-order valence-electron chi connectivity index (χ2n) is 8.45. The van der Waals surface area contributed by atoms with Crippen molar-refractivity contribution in [2.24, 2.45) is 0 Å². The normalized spacial score (nSPS) is 13.8. The fourth-order valence-corrected chi connectivity index (χ4v) is 5.00. The molecule has 8 heteroatoms. The first-order valence-electron chi connectivity index (χ1n) is 11.5. The summed E-state index contributed by atoms with van der Waals surface area (Å²) in [5.74, 6) is 1.77. The smallest absolute Gasteiger partial charge is 0.232 e. The van der Waals surface area contributed by atoms with Gasteiger partial charge in [-0.1, -0.05) is 0 Å². The van der Waals surface area contributed by atoms with Crippen LogP contribution in [0.25, 0.3) is 16.3 Å². The molecular formula is C27H26N6OS. The van der Waals surface area contributed by atoms with E-state index in [0.717, 1.165) is 64.5 Å². The Morgan fingerprint density at radius 2 is 1.83 bits per heavy atom. The van der Waals surface area contributed by atoms with Gasteiger partial charge in [0.15, 0.2) is 0 Å². The number of aromatic nitrogens is 2. The Hall–Kier alpha value is -3.93. The van der Waals surface area contributed by atoms with Crippen molar-refractivity contribution >= 4 is 45.0 Å². The van der Waals surface area contributed by atoms with Crippen LogP contribution >= 0.6 is 11.3 Å². The molecule has 3 heterocycles. The Labute approximate surface area is 208 Å². The van der Waals surface area contributed by atoms with Crippen molar-refractivity contribution in [3.63, 3.8) is 0 Å². The van der Waals surface area contributed by atoms with Crippen LogP contribution in [0.3, 0.4) is 0 Å². The number of ether oxygens (including phenoxy) is 1. The molecule has 0 spiro atoms. The highest BCUT2D eigenvalue weighted by molar-refractivity contribution is 7.16. The van der Waals surface area contributed by atoms with Gasteiger partial charge in [-0.15, -0.1) is 11.3 Å². The molecule has 2 aromatic heterocycles. The molecule has 0 unspecified atom stereocenters. The number of allylic oxidation sites excluding steroid dienone is 1. The number of fused-ring (bicyclic) bond motifs is 1. The Morgan fingerprint density at radius 1 is 1.09 bits per heavy atom. The quantitative estimate of drug-likeness (QED) is 0.336. The van der Waals surface area contributed by atoms with E-state index in [2.05, 4.69) is 39.8 Å². The van der Waals surface area contributed by atoms with E-state index in [9.17, 15) is 0 Å². The van der Waals surface area contributed by atoms with Crippen molar-refractivity contribution in [1.29, 1.82) is 5.26 Å². The highest BCUT2D eigenvalue weighted by Crippen LogP contribution is 2.35. The molecule has 7 nitrogen and oxygen atoms in total. The fraction of sp³-hybridized carbons (Fsp3) is 0.222. The molecule has 0 radical (unpaired) electrons. The maximum absolute atomic E-state index is 8.82. The summed E-state index contributed by atoms with van der Waals surface area (Å²) in [6.07, 6.45) is 3.27. The molecule has 2 N–H and O–H groups in total. The minimum atomic E-state index is 0.494. The third-order valence-corrected chi connectivity index (χ3v) is 6.73. The highest BCUT2D eigenvalue weighted by atomic mass is 32.1. The van der Waals surface area contributed by atoms with Crippen LogP contribution in [-0.2, 0) is 0 Å². The van der Waals surface area contributed by atoms with Crippen molar-refractivity contribution in [2.45, 2.75) is 13.8 Å². The number of piperazine rings is 1. The van der Waals surface area contributed by atoms with Crippen LogP contribution in [0.4, 0.5) is 17.3 Å². The van der Waals surface area contributed by atoms with Gasteiger partial charge in [0.1, 0.15) is 10.6 Å². The van der Waals surface area contributed by atoms with Crippen LogP contribution in [0.1, 0.15) is 16.7 Å². The van der Waals surface area contributed by atoms with Crippen LogP contribution in [-0.4, -0.2) is 36.1 Å². The molecule has 0 aliphatic carbocycles. The molecular weight excluding hydrogens is 456 g/mol. The molecule has 1 saturated heterocycles. The molecule has 1 aliphatic heterocycles. The topological polar surface area (TPSA) is 86.1 Å². The largest absolute Gasteiger partial charge is 0.438 e. The average Bonchev–Trinajstić information content (AvgIpc) is 3.35. The van der Waals surface area contributed by atoms with Gasteiger partial charge in [0.25, 0.3) is 0 Å². The summed E-state index contributed by atoms with van der Waals surface area (Å²) in [4.78, 5) is 12.7. The molecule has 0 saturated carbocycles. The zero-order chi connectivity index (χ0) is 24.2. The fourth-order valence-electron chi connectivity index (χ4n) is 4.24. The van der Waals surface area contributed by atoms with Gasteiger partial charge in [-0.3, -0.25) is 0 Å². The lowest BCUT2D eigenvalue weighted by Gasteiger charge is -2.29. The summed E-state index contributed by atoms with van der Waals surface area (Å²) in [5.41, 5.74) is 5.05. The molecule has 1 aliphatic rings. The second kappa shape index (κ2) is 10.1. The monoisotopic (exact) mass is 482 g/mol. The van der Waals surface area contributed by atoms with Crippen LogP contribution < -0.4 is 20.3 Å². The minimum absolute atomic E-state index is 0.494. The lowest BCUT2D eigenvalue weighted by atomic mass is 10.1. The maximum atomic E-state index is 8.82. The third kappa shape index (κ3) is 5.11. The van der Waals surface area contributed by atoms with Crippen molar-refractivity contribution < 1.29 is 4.74 Å². The zero-order valence-electron chi connectivity index (χ0n) is 19.7. The van der Waals surface area contributed by atoms with Gasteiger partial charge in [0, 0.05) is 43.6 Å². The summed E-state index contributed by atoms with van der Waals surface area (Å²) in [5, 5.41) is 18.4. The van der Waals surface area contributed by atoms with Gasteiger partial charge in [-0.25, -0.2) is 4.98 Å². The molecule has 2 aromatic carbocycles. The number of rotatable bonds is 6. The Balaban J connectivity index is 1.41. The number of nitrogens with zero attached hydrogens (tertiary/aromatic N) is 4. The number of nitriles is 1. The molecule has 0 amide bonds. The molecule has 176 valence electrons. The third-order valence-electron chi connectivity index (χ3n) is 5.93. The zero-order valence-corrected chi connectivity index (χ0v) is 20.5. The average molecular weight is 483 g/mol. The van der Waals surface area contributed by atoms with Crippen LogP contribution in [0.5, 0.6) is 11.6 Å². The maximum Gasteiger partial charge on any atom is 0.232 e. The van der Waals surface area contributed by atoms with Crippen LogP contribution in [0.2, 0.25) is 0 Å². The van der Waals surface area contributed by atoms with E-state index in [-0.39, 0.29) is 0 Å². The number of benzene rings is 2. The first kappa shape index (κ1) is 22.8. The molecule has 0 atom stereocenters. The predicted molar refractivity (Wildman–Crippen MR) is 143 cm³/mol. The number of hydrogen-bond donors (Lipinski definition) is 2. The van der Waals surface area contributed by atoms with Gasteiger partial charge in [0.05, 0.1) is 11.5 Å². The highest BCUT2D eigenvalue weighted by Gasteiger charge is 2.15. The van der Waals surface area contributed by atoms with E-state index in [1.165, 1.54) is 11.8 Å². The lowest BCUT2D eigenvalue weighted by molar-refractivity contribution is 0.462. The van der Waals surface area contributed by atoms with Gasteiger partial charge >= 0.3 is 0 Å². The summed E-state index contributed by atoms with van der Waals surface area (Å²) in [6, 6.07) is 16.4. The SMILES string of the molecule is Cc1cc(/C=C/C#N)cc(C)c1Oc1nc(Nc2ccc(N3CCNCC3)cc2)nc2sccc12. The molecule has 4 aromatic rings. The van der Waals surface area contributed by atoms with E-state index >= 15 is 0 Å². The van der Waals surface area contributed by atoms with Crippen molar-refractivity contribution in [1.82, 2.24) is 15.3 Å².